The first-order chi connectivity index (χ1) is 19.2. The van der Waals surface area contributed by atoms with E-state index in [1.165, 1.54) is 61.6 Å². The molecule has 1 aromatic carbocycles. The van der Waals surface area contributed by atoms with Gasteiger partial charge in [-0.25, -0.2) is 0 Å². The molecule has 0 amide bonds. The van der Waals surface area contributed by atoms with E-state index in [9.17, 15) is 4.79 Å². The van der Waals surface area contributed by atoms with Crippen molar-refractivity contribution in [2.45, 2.75) is 82.8 Å². The zero-order chi connectivity index (χ0) is 27.1. The standard InChI is InChI=1S/C25H31N3.C9H15NO/c1-28(21-24-9-3-2-4-10-24)25(15-5-11-22-13-7-17-26-19-22)16-6-12-23-14-8-18-27-20-23;11-7-9-6-8-2-1-4-10(9)5-3-8/h2-4,7-10,13-14,17-20,25H,5-6,11-12,15-16,21H2,1H3;7-9H,1-6H2. The minimum absolute atomic E-state index is 0.260. The van der Waals surface area contributed by atoms with Crippen molar-refractivity contribution in [2.75, 3.05) is 20.1 Å². The fraction of sp³-hybridized carbons (Fsp3) is 0.500. The van der Waals surface area contributed by atoms with Crippen LogP contribution in [-0.2, 0) is 24.2 Å². The van der Waals surface area contributed by atoms with E-state index in [4.69, 9.17) is 0 Å². The molecule has 0 radical (unpaired) electrons. The first-order valence-corrected chi connectivity index (χ1v) is 14.9. The quantitative estimate of drug-likeness (QED) is 0.256. The van der Waals surface area contributed by atoms with Gasteiger partial charge in [-0.15, -0.1) is 0 Å². The zero-order valence-corrected chi connectivity index (χ0v) is 23.7. The summed E-state index contributed by atoms with van der Waals surface area (Å²) in [6, 6.07) is 20.1. The van der Waals surface area contributed by atoms with Crippen LogP contribution in [0.15, 0.2) is 79.4 Å². The lowest BCUT2D eigenvalue weighted by Gasteiger charge is -2.32. The minimum atomic E-state index is 0.260. The van der Waals surface area contributed by atoms with E-state index in [1.807, 2.05) is 36.9 Å². The molecule has 3 fully saturated rings. The number of nitrogens with zero attached hydrogens (tertiary/aromatic N) is 4. The van der Waals surface area contributed by atoms with Gasteiger partial charge in [0, 0.05) is 37.4 Å². The number of piperidine rings is 1. The van der Waals surface area contributed by atoms with E-state index in [1.54, 1.807) is 0 Å². The predicted octanol–water partition coefficient (Wildman–Crippen LogP) is 6.38. The van der Waals surface area contributed by atoms with Gasteiger partial charge in [0.15, 0.2) is 0 Å². The third kappa shape index (κ3) is 9.98. The summed E-state index contributed by atoms with van der Waals surface area (Å²) in [7, 11) is 2.27. The van der Waals surface area contributed by atoms with Crippen molar-refractivity contribution in [2.24, 2.45) is 5.92 Å². The molecule has 3 atom stereocenters. The second-order valence-electron chi connectivity index (χ2n) is 11.3. The average Bonchev–Trinajstić information content (AvgIpc) is 3.34. The highest BCUT2D eigenvalue weighted by molar-refractivity contribution is 5.57. The largest absolute Gasteiger partial charge is 0.302 e. The van der Waals surface area contributed by atoms with Gasteiger partial charge in [0.2, 0.25) is 0 Å². The van der Waals surface area contributed by atoms with Gasteiger partial charge in [0.25, 0.3) is 0 Å². The molecule has 3 aromatic rings. The predicted molar refractivity (Wildman–Crippen MR) is 159 cm³/mol. The first-order valence-electron chi connectivity index (χ1n) is 14.9. The molecule has 5 heteroatoms. The van der Waals surface area contributed by atoms with E-state index >= 15 is 0 Å². The highest BCUT2D eigenvalue weighted by Gasteiger charge is 2.30. The molecule has 3 unspecified atom stereocenters. The SMILES string of the molecule is CN(Cc1ccccc1)C(CCCc1cccnc1)CCCc1cccnc1.O=CC1CC2CCCN1CC2. The molecule has 6 rings (SSSR count). The molecule has 5 nitrogen and oxygen atoms in total. The number of fused-ring (bicyclic) bond motifs is 4. The van der Waals surface area contributed by atoms with Gasteiger partial charge in [-0.2, -0.15) is 0 Å². The molecule has 0 N–H and O–H groups in total. The van der Waals surface area contributed by atoms with Gasteiger partial charge in [-0.05, 0) is 119 Å². The van der Waals surface area contributed by atoms with E-state index in [-0.39, 0.29) is 6.04 Å². The van der Waals surface area contributed by atoms with Crippen molar-refractivity contribution in [3.05, 3.63) is 96.1 Å². The highest BCUT2D eigenvalue weighted by Crippen LogP contribution is 2.29. The number of rotatable bonds is 12. The lowest BCUT2D eigenvalue weighted by Crippen LogP contribution is -2.41. The van der Waals surface area contributed by atoms with E-state index in [0.29, 0.717) is 6.04 Å². The number of benzene rings is 1. The van der Waals surface area contributed by atoms with E-state index in [2.05, 4.69) is 69.3 Å². The van der Waals surface area contributed by atoms with Crippen molar-refractivity contribution in [3.8, 4) is 0 Å². The molecule has 2 aromatic heterocycles. The van der Waals surface area contributed by atoms with Crippen LogP contribution in [0.3, 0.4) is 0 Å². The number of aromatic nitrogens is 2. The molecule has 208 valence electrons. The number of aldehydes is 1. The zero-order valence-electron chi connectivity index (χ0n) is 23.7. The Balaban J connectivity index is 0.000000265. The van der Waals surface area contributed by atoms with Crippen LogP contribution >= 0.6 is 0 Å². The third-order valence-corrected chi connectivity index (χ3v) is 8.43. The van der Waals surface area contributed by atoms with Crippen LogP contribution in [0.1, 0.15) is 68.1 Å². The summed E-state index contributed by atoms with van der Waals surface area (Å²) in [6.45, 7) is 3.32. The molecule has 0 aliphatic carbocycles. The van der Waals surface area contributed by atoms with Crippen molar-refractivity contribution in [1.29, 1.82) is 0 Å². The average molecular weight is 527 g/mol. The molecule has 3 aliphatic rings. The summed E-state index contributed by atoms with van der Waals surface area (Å²) in [4.78, 5) is 24.0. The normalized spacial score (nSPS) is 20.3. The van der Waals surface area contributed by atoms with Crippen LogP contribution in [0.4, 0.5) is 0 Å². The Labute approximate surface area is 235 Å². The van der Waals surface area contributed by atoms with Crippen molar-refractivity contribution in [1.82, 2.24) is 19.8 Å². The number of hydrogen-bond donors (Lipinski definition) is 0. The monoisotopic (exact) mass is 526 g/mol. The Hall–Kier alpha value is -2.89. The Morgan fingerprint density at radius 2 is 1.51 bits per heavy atom. The maximum atomic E-state index is 10.7. The van der Waals surface area contributed by atoms with Gasteiger partial charge in [0.1, 0.15) is 6.29 Å². The topological polar surface area (TPSA) is 49.3 Å². The van der Waals surface area contributed by atoms with Crippen LogP contribution in [0.2, 0.25) is 0 Å². The Bertz CT molecular complexity index is 1010. The lowest BCUT2D eigenvalue weighted by molar-refractivity contribution is -0.113. The molecular formula is C34H46N4O. The maximum absolute atomic E-state index is 10.7. The fourth-order valence-corrected chi connectivity index (χ4v) is 6.15. The molecule has 0 saturated carbocycles. The summed E-state index contributed by atoms with van der Waals surface area (Å²) < 4.78 is 0. The second kappa shape index (κ2) is 16.3. The van der Waals surface area contributed by atoms with Gasteiger partial charge >= 0.3 is 0 Å². The molecular weight excluding hydrogens is 480 g/mol. The fourth-order valence-electron chi connectivity index (χ4n) is 6.15. The van der Waals surface area contributed by atoms with Gasteiger partial charge < -0.3 is 4.79 Å². The van der Waals surface area contributed by atoms with Gasteiger partial charge in [-0.1, -0.05) is 42.5 Å². The van der Waals surface area contributed by atoms with Crippen molar-refractivity contribution in [3.63, 3.8) is 0 Å². The Morgan fingerprint density at radius 1 is 0.872 bits per heavy atom. The first kappa shape index (κ1) is 29.1. The summed E-state index contributed by atoms with van der Waals surface area (Å²) in [5, 5.41) is 0. The number of pyridine rings is 2. The number of aryl methyl sites for hydroxylation is 2. The van der Waals surface area contributed by atoms with Gasteiger partial charge in [-0.3, -0.25) is 19.8 Å². The highest BCUT2D eigenvalue weighted by atomic mass is 16.1. The van der Waals surface area contributed by atoms with Gasteiger partial charge in [0.05, 0.1) is 6.04 Å². The van der Waals surface area contributed by atoms with Crippen molar-refractivity contribution < 1.29 is 4.79 Å². The van der Waals surface area contributed by atoms with Crippen LogP contribution in [0.5, 0.6) is 0 Å². The van der Waals surface area contributed by atoms with Crippen LogP contribution < -0.4 is 0 Å². The maximum Gasteiger partial charge on any atom is 0.137 e. The van der Waals surface area contributed by atoms with E-state index in [0.717, 1.165) is 51.1 Å². The number of carbonyl (C=O) groups excluding carboxylic acids is 1. The Kier molecular flexibility index (Phi) is 12.1. The van der Waals surface area contributed by atoms with E-state index < -0.39 is 0 Å². The van der Waals surface area contributed by atoms with Crippen LogP contribution in [0, 0.1) is 5.92 Å². The second-order valence-corrected chi connectivity index (χ2v) is 11.3. The summed E-state index contributed by atoms with van der Waals surface area (Å²) in [5.41, 5.74) is 4.05. The Morgan fingerprint density at radius 3 is 2.10 bits per heavy atom. The summed E-state index contributed by atoms with van der Waals surface area (Å²) in [5.74, 6) is 0.851. The molecule has 0 spiro atoms. The smallest absolute Gasteiger partial charge is 0.137 e. The summed E-state index contributed by atoms with van der Waals surface area (Å²) in [6.07, 6.45) is 20.9. The lowest BCUT2D eigenvalue weighted by atomic mass is 9.91. The summed E-state index contributed by atoms with van der Waals surface area (Å²) >= 11 is 0. The third-order valence-electron chi connectivity index (χ3n) is 8.43. The minimum Gasteiger partial charge on any atom is -0.302 e. The molecule has 39 heavy (non-hydrogen) atoms. The van der Waals surface area contributed by atoms with Crippen LogP contribution in [0.25, 0.3) is 0 Å². The van der Waals surface area contributed by atoms with Crippen LogP contribution in [-0.4, -0.2) is 58.3 Å². The number of carbonyl (C=O) groups is 1. The molecule has 3 aliphatic heterocycles. The number of hydrogen-bond acceptors (Lipinski definition) is 5. The molecule has 5 heterocycles. The van der Waals surface area contributed by atoms with Crippen molar-refractivity contribution >= 4 is 6.29 Å². The molecule has 3 saturated heterocycles. The molecule has 2 bridgehead atoms.